The fourth-order valence-electron chi connectivity index (χ4n) is 3.73. The number of carbonyl (C=O) groups excluding carboxylic acids is 1. The van der Waals surface area contributed by atoms with Gasteiger partial charge in [-0.3, -0.25) is 14.6 Å². The van der Waals surface area contributed by atoms with Gasteiger partial charge in [-0.1, -0.05) is 30.3 Å². The Morgan fingerprint density at radius 1 is 1.20 bits per heavy atom. The van der Waals surface area contributed by atoms with Crippen LogP contribution in [0.2, 0.25) is 0 Å². The number of likely N-dealkylation sites (tertiary alicyclic amines) is 1. The van der Waals surface area contributed by atoms with Crippen LogP contribution in [0.15, 0.2) is 30.3 Å². The van der Waals surface area contributed by atoms with Crippen LogP contribution in [-0.4, -0.2) is 78.1 Å². The van der Waals surface area contributed by atoms with Crippen LogP contribution in [0.1, 0.15) is 18.0 Å². The van der Waals surface area contributed by atoms with Gasteiger partial charge in [0, 0.05) is 39.3 Å². The molecule has 1 N–H and O–H groups in total. The number of hydrogen-bond acceptors (Lipinski definition) is 5. The van der Waals surface area contributed by atoms with Crippen molar-refractivity contribution in [2.75, 3.05) is 52.4 Å². The molecule has 2 fully saturated rings. The summed E-state index contributed by atoms with van der Waals surface area (Å²) in [5.74, 6) is 0.471. The SMILES string of the molecule is N#CC(c1ccccc1)N1CCN(C(=O)CN2CCC(CO)C2)CC1. The highest BCUT2D eigenvalue weighted by atomic mass is 16.3. The smallest absolute Gasteiger partial charge is 0.236 e. The second-order valence-electron chi connectivity index (χ2n) is 6.93. The monoisotopic (exact) mass is 342 g/mol. The van der Waals surface area contributed by atoms with E-state index in [2.05, 4.69) is 15.9 Å². The largest absolute Gasteiger partial charge is 0.396 e. The third-order valence-corrected chi connectivity index (χ3v) is 5.26. The van der Waals surface area contributed by atoms with Gasteiger partial charge in [0.2, 0.25) is 5.91 Å². The Hall–Kier alpha value is -1.94. The molecule has 134 valence electrons. The lowest BCUT2D eigenvalue weighted by Gasteiger charge is -2.37. The second-order valence-corrected chi connectivity index (χ2v) is 6.93. The van der Waals surface area contributed by atoms with E-state index in [1.807, 2.05) is 35.2 Å². The summed E-state index contributed by atoms with van der Waals surface area (Å²) >= 11 is 0. The van der Waals surface area contributed by atoms with E-state index in [-0.39, 0.29) is 18.6 Å². The minimum atomic E-state index is -0.248. The number of amides is 1. The molecule has 0 spiro atoms. The standard InChI is InChI=1S/C19H26N4O2/c20-12-18(17-4-2-1-3-5-17)22-8-10-23(11-9-22)19(25)14-21-7-6-16(13-21)15-24/h1-5,16,18,24H,6-11,13-15H2. The summed E-state index contributed by atoms with van der Waals surface area (Å²) in [5, 5.41) is 18.8. The second kappa shape index (κ2) is 8.43. The van der Waals surface area contributed by atoms with E-state index in [0.717, 1.165) is 38.2 Å². The van der Waals surface area contributed by atoms with Gasteiger partial charge < -0.3 is 10.0 Å². The van der Waals surface area contributed by atoms with Crippen LogP contribution in [0.25, 0.3) is 0 Å². The van der Waals surface area contributed by atoms with Crippen LogP contribution in [-0.2, 0) is 4.79 Å². The number of carbonyl (C=O) groups is 1. The average molecular weight is 342 g/mol. The molecule has 2 heterocycles. The lowest BCUT2D eigenvalue weighted by atomic mass is 10.1. The molecular formula is C19H26N4O2. The maximum atomic E-state index is 12.5. The van der Waals surface area contributed by atoms with Gasteiger partial charge in [0.15, 0.2) is 0 Å². The van der Waals surface area contributed by atoms with Crippen LogP contribution >= 0.6 is 0 Å². The highest BCUT2D eigenvalue weighted by molar-refractivity contribution is 5.78. The quantitative estimate of drug-likeness (QED) is 0.853. The molecule has 0 aromatic heterocycles. The lowest BCUT2D eigenvalue weighted by Crippen LogP contribution is -2.51. The predicted octanol–water partition coefficient (Wildman–Crippen LogP) is 0.710. The zero-order valence-corrected chi connectivity index (χ0v) is 14.5. The summed E-state index contributed by atoms with van der Waals surface area (Å²) in [5.41, 5.74) is 1.01. The van der Waals surface area contributed by atoms with Crippen LogP contribution in [0.5, 0.6) is 0 Å². The molecular weight excluding hydrogens is 316 g/mol. The minimum absolute atomic E-state index is 0.159. The first-order chi connectivity index (χ1) is 12.2. The van der Waals surface area contributed by atoms with Gasteiger partial charge in [-0.15, -0.1) is 0 Å². The number of benzene rings is 1. The molecule has 6 heteroatoms. The molecule has 2 aliphatic rings. The summed E-state index contributed by atoms with van der Waals surface area (Å²) in [4.78, 5) is 18.7. The van der Waals surface area contributed by atoms with Crippen molar-refractivity contribution >= 4 is 5.91 Å². The molecule has 0 aliphatic carbocycles. The highest BCUT2D eigenvalue weighted by Crippen LogP contribution is 2.21. The minimum Gasteiger partial charge on any atom is -0.396 e. The van der Waals surface area contributed by atoms with Crippen LogP contribution in [0, 0.1) is 17.2 Å². The summed E-state index contributed by atoms with van der Waals surface area (Å²) < 4.78 is 0. The number of aliphatic hydroxyl groups excluding tert-OH is 1. The molecule has 0 bridgehead atoms. The van der Waals surface area contributed by atoms with Gasteiger partial charge in [0.05, 0.1) is 12.6 Å². The molecule has 0 saturated carbocycles. The summed E-state index contributed by atoms with van der Waals surface area (Å²) in [7, 11) is 0. The van der Waals surface area contributed by atoms with Crippen LogP contribution in [0.3, 0.4) is 0 Å². The van der Waals surface area contributed by atoms with E-state index in [1.165, 1.54) is 0 Å². The van der Waals surface area contributed by atoms with Gasteiger partial charge in [-0.05, 0) is 24.4 Å². The lowest BCUT2D eigenvalue weighted by molar-refractivity contribution is -0.134. The molecule has 1 aromatic carbocycles. The number of rotatable bonds is 5. The van der Waals surface area contributed by atoms with Gasteiger partial charge in [-0.2, -0.15) is 5.26 Å². The third-order valence-electron chi connectivity index (χ3n) is 5.26. The van der Waals surface area contributed by atoms with E-state index < -0.39 is 0 Å². The first kappa shape index (κ1) is 17.9. The Balaban J connectivity index is 1.50. The Morgan fingerprint density at radius 2 is 1.92 bits per heavy atom. The zero-order chi connectivity index (χ0) is 17.6. The topological polar surface area (TPSA) is 70.8 Å². The third kappa shape index (κ3) is 4.37. The van der Waals surface area contributed by atoms with Crippen molar-refractivity contribution in [3.63, 3.8) is 0 Å². The van der Waals surface area contributed by atoms with Crippen molar-refractivity contribution in [3.05, 3.63) is 35.9 Å². The average Bonchev–Trinajstić information content (AvgIpc) is 3.11. The predicted molar refractivity (Wildman–Crippen MR) is 94.6 cm³/mol. The van der Waals surface area contributed by atoms with E-state index in [4.69, 9.17) is 0 Å². The maximum Gasteiger partial charge on any atom is 0.236 e. The Kier molecular flexibility index (Phi) is 6.03. The zero-order valence-electron chi connectivity index (χ0n) is 14.5. The number of hydrogen-bond donors (Lipinski definition) is 1. The summed E-state index contributed by atoms with van der Waals surface area (Å²) in [6, 6.07) is 12.0. The van der Waals surface area contributed by atoms with Crippen molar-refractivity contribution in [2.45, 2.75) is 12.5 Å². The number of piperazine rings is 1. The van der Waals surface area contributed by atoms with E-state index >= 15 is 0 Å². The number of nitrogens with zero attached hydrogens (tertiary/aromatic N) is 4. The van der Waals surface area contributed by atoms with E-state index in [9.17, 15) is 15.2 Å². The van der Waals surface area contributed by atoms with E-state index in [1.54, 1.807) is 0 Å². The van der Waals surface area contributed by atoms with Crippen molar-refractivity contribution < 1.29 is 9.90 Å². The van der Waals surface area contributed by atoms with E-state index in [0.29, 0.717) is 25.6 Å². The molecule has 3 rings (SSSR count). The summed E-state index contributed by atoms with van der Waals surface area (Å²) in [6.45, 7) is 5.13. The Bertz CT molecular complexity index is 608. The first-order valence-corrected chi connectivity index (χ1v) is 9.01. The number of nitriles is 1. The highest BCUT2D eigenvalue weighted by Gasteiger charge is 2.29. The van der Waals surface area contributed by atoms with Crippen LogP contribution in [0.4, 0.5) is 0 Å². The van der Waals surface area contributed by atoms with Gasteiger partial charge in [0.1, 0.15) is 6.04 Å². The molecule has 1 amide bonds. The van der Waals surface area contributed by atoms with Gasteiger partial charge in [-0.25, -0.2) is 0 Å². The molecule has 2 saturated heterocycles. The maximum absolute atomic E-state index is 12.5. The first-order valence-electron chi connectivity index (χ1n) is 9.01. The van der Waals surface area contributed by atoms with Crippen molar-refractivity contribution in [1.82, 2.24) is 14.7 Å². The van der Waals surface area contributed by atoms with Gasteiger partial charge in [0.25, 0.3) is 0 Å². The fourth-order valence-corrected chi connectivity index (χ4v) is 3.73. The Labute approximate surface area is 149 Å². The van der Waals surface area contributed by atoms with Crippen molar-refractivity contribution in [3.8, 4) is 6.07 Å². The summed E-state index contributed by atoms with van der Waals surface area (Å²) in [6.07, 6.45) is 0.971. The molecule has 25 heavy (non-hydrogen) atoms. The fraction of sp³-hybridized carbons (Fsp3) is 0.579. The molecule has 2 unspecified atom stereocenters. The van der Waals surface area contributed by atoms with Crippen LogP contribution < -0.4 is 0 Å². The molecule has 2 atom stereocenters. The van der Waals surface area contributed by atoms with Crippen molar-refractivity contribution in [1.29, 1.82) is 5.26 Å². The normalized spacial score (nSPS) is 23.4. The van der Waals surface area contributed by atoms with Crippen molar-refractivity contribution in [2.24, 2.45) is 5.92 Å². The molecule has 1 aromatic rings. The molecule has 0 radical (unpaired) electrons. The molecule has 6 nitrogen and oxygen atoms in total. The van der Waals surface area contributed by atoms with Gasteiger partial charge >= 0.3 is 0 Å². The Morgan fingerprint density at radius 3 is 2.52 bits per heavy atom. The number of aliphatic hydroxyl groups is 1. The molecule has 2 aliphatic heterocycles.